The van der Waals surface area contributed by atoms with Crippen molar-refractivity contribution in [2.75, 3.05) is 13.6 Å². The van der Waals surface area contributed by atoms with Gasteiger partial charge in [-0.3, -0.25) is 5.41 Å². The number of nitrogens with two attached hydrogens (primary N) is 1. The number of nitrogens with one attached hydrogen (secondary N) is 1. The molecule has 0 amide bonds. The first-order valence-electron chi connectivity index (χ1n) is 4.54. The Hall–Kier alpha value is -1.41. The predicted octanol–water partition coefficient (Wildman–Crippen LogP) is -0.715. The molecule has 0 fully saturated rings. The van der Waals surface area contributed by atoms with Gasteiger partial charge in [0.2, 0.25) is 0 Å². The van der Waals surface area contributed by atoms with Gasteiger partial charge in [0.15, 0.2) is 5.03 Å². The second kappa shape index (κ2) is 4.22. The maximum atomic E-state index is 11.9. The second-order valence-electron chi connectivity index (χ2n) is 3.52. The first-order chi connectivity index (χ1) is 7.25. The van der Waals surface area contributed by atoms with Gasteiger partial charge in [0.25, 0.3) is 10.0 Å². The Morgan fingerprint density at radius 2 is 2.25 bits per heavy atom. The highest BCUT2D eigenvalue weighted by atomic mass is 32.2. The van der Waals surface area contributed by atoms with Crippen LogP contribution < -0.4 is 5.73 Å². The molecular formula is C8H15N5O2S. The Morgan fingerprint density at radius 1 is 1.69 bits per heavy atom. The van der Waals surface area contributed by atoms with E-state index in [1.165, 1.54) is 13.2 Å². The van der Waals surface area contributed by atoms with Crippen molar-refractivity contribution in [3.63, 3.8) is 0 Å². The van der Waals surface area contributed by atoms with Crippen LogP contribution in [0, 0.1) is 12.3 Å². The van der Waals surface area contributed by atoms with Crippen molar-refractivity contribution in [2.45, 2.75) is 11.9 Å². The summed E-state index contributed by atoms with van der Waals surface area (Å²) in [4.78, 5) is 3.93. The second-order valence-corrected chi connectivity index (χ2v) is 5.52. The lowest BCUT2D eigenvalue weighted by molar-refractivity contribution is 0.501. The van der Waals surface area contributed by atoms with E-state index in [1.54, 1.807) is 18.5 Å². The summed E-state index contributed by atoms with van der Waals surface area (Å²) in [5, 5.41) is 7.03. The van der Waals surface area contributed by atoms with Crippen molar-refractivity contribution in [2.24, 2.45) is 12.8 Å². The van der Waals surface area contributed by atoms with Crippen LogP contribution in [-0.4, -0.2) is 41.7 Å². The van der Waals surface area contributed by atoms with Crippen LogP contribution in [-0.2, 0) is 17.1 Å². The standard InChI is InChI=1S/C8H15N5O2S/c1-6-11-8(5-12(6)2)16(14,15)13(3)4-7(9)10/h5H,4H2,1-3H3,(H3,9,10). The van der Waals surface area contributed by atoms with E-state index in [1.807, 2.05) is 0 Å². The number of imidazole rings is 1. The fraction of sp³-hybridized carbons (Fsp3) is 0.500. The van der Waals surface area contributed by atoms with Crippen molar-refractivity contribution < 1.29 is 8.42 Å². The summed E-state index contributed by atoms with van der Waals surface area (Å²) >= 11 is 0. The third-order valence-corrected chi connectivity index (χ3v) is 3.83. The molecule has 0 atom stereocenters. The zero-order valence-electron chi connectivity index (χ0n) is 9.43. The monoisotopic (exact) mass is 245 g/mol. The third kappa shape index (κ3) is 2.39. The zero-order chi connectivity index (χ0) is 12.5. The first-order valence-corrected chi connectivity index (χ1v) is 5.98. The topological polar surface area (TPSA) is 105 Å². The number of hydrogen-bond acceptors (Lipinski definition) is 4. The van der Waals surface area contributed by atoms with Crippen molar-refractivity contribution in [3.05, 3.63) is 12.0 Å². The van der Waals surface area contributed by atoms with Gasteiger partial charge in [0, 0.05) is 20.3 Å². The summed E-state index contributed by atoms with van der Waals surface area (Å²) in [6.45, 7) is 1.57. The van der Waals surface area contributed by atoms with E-state index >= 15 is 0 Å². The van der Waals surface area contributed by atoms with Crippen LogP contribution in [0.3, 0.4) is 0 Å². The fourth-order valence-corrected chi connectivity index (χ4v) is 2.30. The summed E-state index contributed by atoms with van der Waals surface area (Å²) in [5.41, 5.74) is 5.15. The Labute approximate surface area is 94.4 Å². The lowest BCUT2D eigenvalue weighted by atomic mass is 10.6. The van der Waals surface area contributed by atoms with Crippen LogP contribution in [0.1, 0.15) is 5.82 Å². The van der Waals surface area contributed by atoms with Crippen LogP contribution in [0.4, 0.5) is 0 Å². The average Bonchev–Trinajstić information content (AvgIpc) is 2.46. The zero-order valence-corrected chi connectivity index (χ0v) is 10.2. The van der Waals surface area contributed by atoms with Gasteiger partial charge >= 0.3 is 0 Å². The minimum atomic E-state index is -3.66. The summed E-state index contributed by atoms with van der Waals surface area (Å²) in [6.07, 6.45) is 1.43. The maximum Gasteiger partial charge on any atom is 0.262 e. The molecule has 0 bridgehead atoms. The number of sulfonamides is 1. The van der Waals surface area contributed by atoms with Crippen molar-refractivity contribution in [3.8, 4) is 0 Å². The van der Waals surface area contributed by atoms with E-state index in [9.17, 15) is 8.42 Å². The van der Waals surface area contributed by atoms with E-state index in [0.717, 1.165) is 4.31 Å². The van der Waals surface area contributed by atoms with Crippen LogP contribution in [0.5, 0.6) is 0 Å². The molecule has 1 aromatic heterocycles. The first kappa shape index (κ1) is 12.7. The number of nitrogens with zero attached hydrogens (tertiary/aromatic N) is 3. The Kier molecular flexibility index (Phi) is 3.34. The highest BCUT2D eigenvalue weighted by molar-refractivity contribution is 7.89. The minimum Gasteiger partial charge on any atom is -0.387 e. The van der Waals surface area contributed by atoms with Gasteiger partial charge in [0.05, 0.1) is 6.54 Å². The highest BCUT2D eigenvalue weighted by Crippen LogP contribution is 2.12. The normalized spacial score (nSPS) is 12.0. The van der Waals surface area contributed by atoms with Gasteiger partial charge in [-0.2, -0.15) is 4.31 Å². The quantitative estimate of drug-likeness (QED) is 0.539. The number of hydrogen-bond donors (Lipinski definition) is 2. The molecule has 0 aliphatic heterocycles. The fourth-order valence-electron chi connectivity index (χ4n) is 1.14. The molecular weight excluding hydrogens is 230 g/mol. The van der Waals surface area contributed by atoms with Gasteiger partial charge in [-0.25, -0.2) is 13.4 Å². The lowest BCUT2D eigenvalue weighted by Crippen LogP contribution is -2.35. The number of aryl methyl sites for hydroxylation is 2. The van der Waals surface area contributed by atoms with Crippen LogP contribution >= 0.6 is 0 Å². The number of amidine groups is 1. The Morgan fingerprint density at radius 3 is 2.62 bits per heavy atom. The van der Waals surface area contributed by atoms with E-state index in [0.29, 0.717) is 5.82 Å². The predicted molar refractivity (Wildman–Crippen MR) is 59.7 cm³/mol. The molecule has 90 valence electrons. The van der Waals surface area contributed by atoms with Gasteiger partial charge in [0.1, 0.15) is 11.7 Å². The molecule has 0 spiro atoms. The van der Waals surface area contributed by atoms with Gasteiger partial charge in [-0.05, 0) is 6.92 Å². The summed E-state index contributed by atoms with van der Waals surface area (Å²) in [6, 6.07) is 0. The minimum absolute atomic E-state index is 0.0312. The molecule has 0 aromatic carbocycles. The molecule has 7 nitrogen and oxygen atoms in total. The molecule has 0 aliphatic carbocycles. The molecule has 0 saturated carbocycles. The molecule has 1 heterocycles. The van der Waals surface area contributed by atoms with Crippen LogP contribution in [0.25, 0.3) is 0 Å². The van der Waals surface area contributed by atoms with E-state index in [-0.39, 0.29) is 17.4 Å². The van der Waals surface area contributed by atoms with Crippen molar-refractivity contribution in [1.82, 2.24) is 13.9 Å². The molecule has 0 saturated heterocycles. The van der Waals surface area contributed by atoms with Crippen molar-refractivity contribution in [1.29, 1.82) is 5.41 Å². The third-order valence-electron chi connectivity index (χ3n) is 2.15. The number of rotatable bonds is 4. The lowest BCUT2D eigenvalue weighted by Gasteiger charge is -2.13. The summed E-state index contributed by atoms with van der Waals surface area (Å²) < 4.78 is 26.5. The molecule has 8 heteroatoms. The smallest absolute Gasteiger partial charge is 0.262 e. The van der Waals surface area contributed by atoms with E-state index in [2.05, 4.69) is 4.98 Å². The number of likely N-dealkylation sites (N-methyl/N-ethyl adjacent to an activating group) is 1. The maximum absolute atomic E-state index is 11.9. The highest BCUT2D eigenvalue weighted by Gasteiger charge is 2.24. The van der Waals surface area contributed by atoms with Crippen LogP contribution in [0.15, 0.2) is 11.2 Å². The molecule has 0 radical (unpaired) electrons. The average molecular weight is 245 g/mol. The molecule has 16 heavy (non-hydrogen) atoms. The van der Waals surface area contributed by atoms with Gasteiger partial charge in [-0.1, -0.05) is 0 Å². The van der Waals surface area contributed by atoms with Crippen molar-refractivity contribution >= 4 is 15.9 Å². The summed E-state index contributed by atoms with van der Waals surface area (Å²) in [5.74, 6) is 0.397. The molecule has 0 unspecified atom stereocenters. The SMILES string of the molecule is Cc1nc(S(=O)(=O)N(C)CC(=N)N)cn1C. The van der Waals surface area contributed by atoms with E-state index in [4.69, 9.17) is 11.1 Å². The van der Waals surface area contributed by atoms with Crippen LogP contribution in [0.2, 0.25) is 0 Å². The summed E-state index contributed by atoms with van der Waals surface area (Å²) in [7, 11) is -0.579. The largest absolute Gasteiger partial charge is 0.387 e. The molecule has 1 aromatic rings. The van der Waals surface area contributed by atoms with E-state index < -0.39 is 10.0 Å². The number of aromatic nitrogens is 2. The van der Waals surface area contributed by atoms with Gasteiger partial charge < -0.3 is 10.3 Å². The molecule has 1 rings (SSSR count). The Balaban J connectivity index is 3.06. The molecule has 3 N–H and O–H groups in total. The Bertz CT molecular complexity index is 485. The van der Waals surface area contributed by atoms with Gasteiger partial charge in [-0.15, -0.1) is 0 Å². The molecule has 0 aliphatic rings.